The molecule has 48 heavy (non-hydrogen) atoms. The van der Waals surface area contributed by atoms with Gasteiger partial charge in [0.2, 0.25) is 5.91 Å². The molecule has 4 aromatic rings. The van der Waals surface area contributed by atoms with Gasteiger partial charge in [-0.2, -0.15) is 0 Å². The molecule has 0 aromatic heterocycles. The van der Waals surface area contributed by atoms with Crippen LogP contribution in [0, 0.1) is 17.7 Å². The van der Waals surface area contributed by atoms with E-state index in [9.17, 15) is 19.1 Å². The van der Waals surface area contributed by atoms with E-state index in [2.05, 4.69) is 36.2 Å². The minimum absolute atomic E-state index is 0.0589. The third-order valence-electron chi connectivity index (χ3n) is 9.60. The van der Waals surface area contributed by atoms with Gasteiger partial charge in [-0.05, 0) is 59.6 Å². The van der Waals surface area contributed by atoms with E-state index >= 15 is 0 Å². The van der Waals surface area contributed by atoms with Gasteiger partial charge in [0.05, 0.1) is 18.4 Å². The summed E-state index contributed by atoms with van der Waals surface area (Å²) in [4.78, 5) is 28.6. The molecule has 9 heteroatoms. The highest BCUT2D eigenvalue weighted by Crippen LogP contribution is 2.53. The summed E-state index contributed by atoms with van der Waals surface area (Å²) in [5, 5.41) is 12.8. The number of rotatable bonds is 11. The zero-order valence-corrected chi connectivity index (χ0v) is 27.3. The maximum absolute atomic E-state index is 14.4. The number of carbonyl (C=O) groups excluding carboxylic acids is 1. The lowest BCUT2D eigenvalue weighted by Gasteiger charge is -2.38. The van der Waals surface area contributed by atoms with Crippen molar-refractivity contribution >= 4 is 30.1 Å². The topological polar surface area (TPSA) is 88.1 Å². The lowest BCUT2D eigenvalue weighted by molar-refractivity contribution is -0.140. The number of benzene rings is 4. The highest BCUT2D eigenvalue weighted by Gasteiger charge is 2.54. The van der Waals surface area contributed by atoms with Crippen molar-refractivity contribution in [2.24, 2.45) is 11.8 Å². The van der Waals surface area contributed by atoms with Gasteiger partial charge in [-0.25, -0.2) is 4.39 Å². The van der Waals surface area contributed by atoms with Gasteiger partial charge in [0, 0.05) is 36.3 Å². The number of likely N-dealkylation sites (tertiary alicyclic amines) is 1. The molecule has 7 nitrogen and oxygen atoms in total. The van der Waals surface area contributed by atoms with Crippen LogP contribution in [0.5, 0.6) is 0 Å². The highest BCUT2D eigenvalue weighted by atomic mass is 19.1. The molecule has 0 saturated carbocycles. The van der Waals surface area contributed by atoms with Gasteiger partial charge in [-0.1, -0.05) is 105 Å². The number of anilines is 1. The first-order valence-corrected chi connectivity index (χ1v) is 16.8. The second kappa shape index (κ2) is 15.3. The number of hydrogen-bond donors (Lipinski definition) is 2. The molecule has 0 aliphatic carbocycles. The summed E-state index contributed by atoms with van der Waals surface area (Å²) in [6, 6.07) is 35.5. The van der Waals surface area contributed by atoms with Crippen molar-refractivity contribution in [2.45, 2.75) is 63.3 Å². The van der Waals surface area contributed by atoms with E-state index in [1.54, 1.807) is 0 Å². The first kappa shape index (κ1) is 33.6. The van der Waals surface area contributed by atoms with Gasteiger partial charge >= 0.3 is 13.1 Å². The van der Waals surface area contributed by atoms with Crippen LogP contribution in [0.15, 0.2) is 115 Å². The van der Waals surface area contributed by atoms with E-state index in [-0.39, 0.29) is 48.2 Å². The summed E-state index contributed by atoms with van der Waals surface area (Å²) in [6.07, 6.45) is 0.148. The molecule has 2 N–H and O–H groups in total. The summed E-state index contributed by atoms with van der Waals surface area (Å²) in [5.41, 5.74) is 3.55. The molecular weight excluding hydrogens is 606 g/mol. The molecule has 2 fully saturated rings. The second-order valence-electron chi connectivity index (χ2n) is 13.2. The molecular formula is C39H42BFN2O5. The molecule has 248 valence electrons. The monoisotopic (exact) mass is 648 g/mol. The van der Waals surface area contributed by atoms with E-state index in [0.29, 0.717) is 19.4 Å². The standard InChI is InChI=1S/C39H42BFN2O5/c1-26(2)37-36(39(46)42-31-16-10-5-11-17-31)35(27-12-6-3-7-13-27)38(28-18-20-30(41)21-19-28)43(37)23-22-32-24-33(25-34(44)45)48-40(47-32)29-14-8-4-9-15-29/h3-21,26,32-33,35-38H,22-25H2,1-2H3,(H,42,46)(H,44,45). The Bertz CT molecular complexity index is 1640. The minimum Gasteiger partial charge on any atom is -0.481 e. The van der Waals surface area contributed by atoms with Crippen LogP contribution >= 0.6 is 0 Å². The largest absolute Gasteiger partial charge is 0.494 e. The minimum atomic E-state index is -0.916. The van der Waals surface area contributed by atoms with Crippen LogP contribution in [0.1, 0.15) is 56.2 Å². The molecule has 0 spiro atoms. The Hall–Kier alpha value is -4.31. The van der Waals surface area contributed by atoms with E-state index < -0.39 is 25.1 Å². The number of carboxylic acids is 1. The Morgan fingerprint density at radius 1 is 0.854 bits per heavy atom. The summed E-state index contributed by atoms with van der Waals surface area (Å²) < 4.78 is 26.9. The van der Waals surface area contributed by atoms with Gasteiger partial charge < -0.3 is 19.7 Å². The van der Waals surface area contributed by atoms with Crippen LogP contribution < -0.4 is 10.8 Å². The maximum Gasteiger partial charge on any atom is 0.494 e. The average molecular weight is 649 g/mol. The third-order valence-corrected chi connectivity index (χ3v) is 9.60. The predicted octanol–water partition coefficient (Wildman–Crippen LogP) is 6.68. The van der Waals surface area contributed by atoms with E-state index in [4.69, 9.17) is 9.31 Å². The number of halogens is 1. The predicted molar refractivity (Wildman–Crippen MR) is 185 cm³/mol. The molecule has 0 bridgehead atoms. The molecule has 1 amide bonds. The summed E-state index contributed by atoms with van der Waals surface area (Å²) in [6.45, 7) is 4.87. The fourth-order valence-corrected chi connectivity index (χ4v) is 7.64. The lowest BCUT2D eigenvalue weighted by atomic mass is 9.76. The fraction of sp³-hybridized carbons (Fsp3) is 0.333. The smallest absolute Gasteiger partial charge is 0.481 e. The van der Waals surface area contributed by atoms with E-state index in [1.807, 2.05) is 91.0 Å². The van der Waals surface area contributed by atoms with E-state index in [0.717, 1.165) is 22.3 Å². The Morgan fingerprint density at radius 3 is 2.08 bits per heavy atom. The van der Waals surface area contributed by atoms with Crippen LogP contribution in [0.25, 0.3) is 0 Å². The number of nitrogens with zero attached hydrogens (tertiary/aromatic N) is 1. The third kappa shape index (κ3) is 7.70. The number of para-hydroxylation sites is 1. The molecule has 2 aliphatic heterocycles. The zero-order chi connectivity index (χ0) is 33.6. The van der Waals surface area contributed by atoms with E-state index in [1.165, 1.54) is 12.1 Å². The quantitative estimate of drug-likeness (QED) is 0.177. The average Bonchev–Trinajstić information content (AvgIpc) is 3.44. The zero-order valence-electron chi connectivity index (χ0n) is 27.3. The van der Waals surface area contributed by atoms with Crippen molar-refractivity contribution < 1.29 is 28.4 Å². The Balaban J connectivity index is 1.37. The number of amides is 1. The van der Waals surface area contributed by atoms with Crippen LogP contribution in [0.2, 0.25) is 0 Å². The number of carboxylic acid groups (broad SMARTS) is 1. The van der Waals surface area contributed by atoms with Gasteiger partial charge in [-0.3, -0.25) is 14.5 Å². The first-order chi connectivity index (χ1) is 23.3. The van der Waals surface area contributed by atoms with Gasteiger partial charge in [0.1, 0.15) is 5.82 Å². The van der Waals surface area contributed by atoms with Crippen LogP contribution in [0.4, 0.5) is 10.1 Å². The summed E-state index contributed by atoms with van der Waals surface area (Å²) >= 11 is 0. The fourth-order valence-electron chi connectivity index (χ4n) is 7.64. The van der Waals surface area contributed by atoms with Crippen LogP contribution in [0.3, 0.4) is 0 Å². The van der Waals surface area contributed by atoms with Gasteiger partial charge in [-0.15, -0.1) is 0 Å². The first-order valence-electron chi connectivity index (χ1n) is 16.8. The van der Waals surface area contributed by atoms with Crippen molar-refractivity contribution in [3.8, 4) is 0 Å². The summed E-state index contributed by atoms with van der Waals surface area (Å²) in [5.74, 6) is -1.83. The van der Waals surface area contributed by atoms with Crippen molar-refractivity contribution in [3.05, 3.63) is 132 Å². The highest BCUT2D eigenvalue weighted by molar-refractivity contribution is 6.61. The van der Waals surface area contributed by atoms with Crippen LogP contribution in [-0.2, 0) is 18.9 Å². The molecule has 2 heterocycles. The number of nitrogens with one attached hydrogen (secondary N) is 1. The number of hydrogen-bond acceptors (Lipinski definition) is 5. The molecule has 6 rings (SSSR count). The van der Waals surface area contributed by atoms with Crippen molar-refractivity contribution in [1.82, 2.24) is 4.90 Å². The normalized spacial score (nSPS) is 24.5. The Morgan fingerprint density at radius 2 is 1.46 bits per heavy atom. The Kier molecular flexibility index (Phi) is 10.7. The maximum atomic E-state index is 14.4. The molecule has 2 aliphatic rings. The van der Waals surface area contributed by atoms with Crippen LogP contribution in [-0.4, -0.2) is 53.8 Å². The number of aliphatic carboxylic acids is 1. The molecule has 6 unspecified atom stereocenters. The number of carbonyl (C=O) groups is 2. The molecule has 4 aromatic carbocycles. The van der Waals surface area contributed by atoms with Crippen molar-refractivity contribution in [3.63, 3.8) is 0 Å². The van der Waals surface area contributed by atoms with Gasteiger partial charge in [0.15, 0.2) is 0 Å². The molecule has 2 saturated heterocycles. The molecule has 6 atom stereocenters. The summed E-state index contributed by atoms with van der Waals surface area (Å²) in [7, 11) is -0.678. The van der Waals surface area contributed by atoms with Crippen molar-refractivity contribution in [1.29, 1.82) is 0 Å². The SMILES string of the molecule is CC(C)C1C(C(=O)Nc2ccccc2)C(c2ccccc2)C(c2ccc(F)cc2)N1CCC1CC(CC(=O)O)OB(c2ccccc2)O1. The lowest BCUT2D eigenvalue weighted by Crippen LogP contribution is -2.50. The Labute approximate surface area is 282 Å². The van der Waals surface area contributed by atoms with Gasteiger partial charge in [0.25, 0.3) is 0 Å². The van der Waals surface area contributed by atoms with Crippen molar-refractivity contribution in [2.75, 3.05) is 11.9 Å². The molecule has 0 radical (unpaired) electrons. The second-order valence-corrected chi connectivity index (χ2v) is 13.2.